The minimum absolute atomic E-state index is 0.255. The van der Waals surface area contributed by atoms with Gasteiger partial charge in [0.05, 0.1) is 16.6 Å². The maximum Gasteiger partial charge on any atom is 0.280 e. The topological polar surface area (TPSA) is 81.3 Å². The molecular weight excluding hydrogens is 373 g/mol. The molecule has 0 fully saturated rings. The minimum Gasteiger partial charge on any atom is -0.273 e. The number of rotatable bonds is 4. The first-order valence-corrected chi connectivity index (χ1v) is 9.39. The van der Waals surface area contributed by atoms with Crippen molar-refractivity contribution >= 4 is 22.5 Å². The average Bonchev–Trinajstić information content (AvgIpc) is 3.09. The molecule has 0 spiro atoms. The van der Waals surface area contributed by atoms with Gasteiger partial charge in [-0.25, -0.2) is 18.6 Å². The van der Waals surface area contributed by atoms with E-state index in [1.807, 2.05) is 6.92 Å². The van der Waals surface area contributed by atoms with Crippen LogP contribution in [0.3, 0.4) is 0 Å². The molecule has 3 aromatic heterocycles. The Morgan fingerprint density at radius 3 is 2.59 bits per heavy atom. The number of halogens is 1. The number of aryl methyl sites for hydroxylation is 1. The average molecular weight is 393 g/mol. The normalized spacial score (nSPS) is 11.5. The quantitative estimate of drug-likeness (QED) is 0.578. The Morgan fingerprint density at radius 1 is 1.21 bits per heavy atom. The van der Waals surface area contributed by atoms with Crippen LogP contribution in [-0.4, -0.2) is 25.2 Å². The Kier molecular flexibility index (Phi) is 4.62. The summed E-state index contributed by atoms with van der Waals surface area (Å²) in [6, 6.07) is 7.89. The third-order valence-electron chi connectivity index (χ3n) is 4.81. The molecule has 1 aromatic carbocycles. The Labute approximate surface area is 165 Å². The predicted molar refractivity (Wildman–Crippen MR) is 109 cm³/mol. The second kappa shape index (κ2) is 7.12. The molecule has 8 heteroatoms. The Hall–Kier alpha value is -3.55. The van der Waals surface area contributed by atoms with E-state index in [-0.39, 0.29) is 23.2 Å². The molecule has 0 saturated carbocycles. The molecule has 0 unspecified atom stereocenters. The molecule has 0 radical (unpaired) electrons. The molecule has 0 aliphatic carbocycles. The number of carbonyl (C=O) groups is 1. The van der Waals surface area contributed by atoms with Crippen molar-refractivity contribution < 1.29 is 9.18 Å². The van der Waals surface area contributed by atoms with Crippen molar-refractivity contribution in [2.45, 2.75) is 27.2 Å². The van der Waals surface area contributed by atoms with Crippen LogP contribution in [0, 0.1) is 11.7 Å². The monoisotopic (exact) mass is 393 g/mol. The fraction of sp³-hybridized carbons (Fsp3) is 0.238. The van der Waals surface area contributed by atoms with Crippen molar-refractivity contribution in [2.75, 3.05) is 5.43 Å². The lowest BCUT2D eigenvalue weighted by molar-refractivity contribution is -0.119. The summed E-state index contributed by atoms with van der Waals surface area (Å²) in [5.41, 5.74) is 5.78. The summed E-state index contributed by atoms with van der Waals surface area (Å²) in [7, 11) is 0. The lowest BCUT2D eigenvalue weighted by Crippen LogP contribution is -2.35. The maximum atomic E-state index is 13.4. The van der Waals surface area contributed by atoms with Crippen LogP contribution in [0.15, 0.2) is 47.5 Å². The van der Waals surface area contributed by atoms with E-state index >= 15 is 0 Å². The molecule has 0 aliphatic rings. The van der Waals surface area contributed by atoms with E-state index in [0.717, 1.165) is 21.5 Å². The second-order valence-corrected chi connectivity index (χ2v) is 7.10. The predicted octanol–water partition coefficient (Wildman–Crippen LogP) is 3.14. The number of pyridine rings is 1. The fourth-order valence-electron chi connectivity index (χ4n) is 3.21. The zero-order valence-corrected chi connectivity index (χ0v) is 16.3. The number of aromatic nitrogens is 4. The largest absolute Gasteiger partial charge is 0.280 e. The van der Waals surface area contributed by atoms with Crippen molar-refractivity contribution in [2.24, 2.45) is 5.92 Å². The molecular formula is C21H20FN5O2. The van der Waals surface area contributed by atoms with Gasteiger partial charge in [0.1, 0.15) is 5.82 Å². The summed E-state index contributed by atoms with van der Waals surface area (Å²) in [6.45, 7) is 5.48. The lowest BCUT2D eigenvalue weighted by Gasteiger charge is -2.11. The van der Waals surface area contributed by atoms with Gasteiger partial charge >= 0.3 is 0 Å². The highest BCUT2D eigenvalue weighted by Gasteiger charge is 2.18. The minimum atomic E-state index is -0.386. The van der Waals surface area contributed by atoms with Crippen molar-refractivity contribution in [1.82, 2.24) is 19.3 Å². The number of benzene rings is 1. The van der Waals surface area contributed by atoms with Gasteiger partial charge in [0.2, 0.25) is 5.91 Å². The summed E-state index contributed by atoms with van der Waals surface area (Å²) in [5, 5.41) is 4.98. The molecule has 4 rings (SSSR count). The van der Waals surface area contributed by atoms with Crippen LogP contribution < -0.4 is 11.0 Å². The van der Waals surface area contributed by atoms with Gasteiger partial charge in [0.15, 0.2) is 5.65 Å². The first-order chi connectivity index (χ1) is 13.9. The number of hydrogen-bond donors (Lipinski definition) is 1. The van der Waals surface area contributed by atoms with E-state index in [1.54, 1.807) is 36.6 Å². The van der Waals surface area contributed by atoms with E-state index in [0.29, 0.717) is 23.0 Å². The van der Waals surface area contributed by atoms with Crippen LogP contribution >= 0.6 is 0 Å². The lowest BCUT2D eigenvalue weighted by atomic mass is 10.0. The van der Waals surface area contributed by atoms with E-state index in [9.17, 15) is 14.0 Å². The third kappa shape index (κ3) is 3.16. The second-order valence-electron chi connectivity index (χ2n) is 7.10. The van der Waals surface area contributed by atoms with Crippen molar-refractivity contribution in [1.29, 1.82) is 0 Å². The number of carbonyl (C=O) groups excluding carboxylic acids is 1. The highest BCUT2D eigenvalue weighted by Crippen LogP contribution is 2.29. The van der Waals surface area contributed by atoms with Gasteiger partial charge in [-0.1, -0.05) is 32.9 Å². The smallest absolute Gasteiger partial charge is 0.273 e. The SMILES string of the molecule is CCc1nn2c(ncc3c(=O)n(NC(=O)C(C)C)ccc32)c1-c1ccc(F)cc1. The molecule has 1 N–H and O–H groups in total. The van der Waals surface area contributed by atoms with Gasteiger partial charge in [-0.15, -0.1) is 0 Å². The summed E-state index contributed by atoms with van der Waals surface area (Å²) in [6.07, 6.45) is 3.65. The van der Waals surface area contributed by atoms with Gasteiger partial charge in [-0.3, -0.25) is 15.0 Å². The molecule has 1 amide bonds. The van der Waals surface area contributed by atoms with Crippen LogP contribution in [0.5, 0.6) is 0 Å². The van der Waals surface area contributed by atoms with Gasteiger partial charge in [-0.2, -0.15) is 5.10 Å². The van der Waals surface area contributed by atoms with Gasteiger partial charge in [0, 0.05) is 23.9 Å². The van der Waals surface area contributed by atoms with Crippen molar-refractivity contribution in [3.05, 3.63) is 64.6 Å². The molecule has 3 heterocycles. The first-order valence-electron chi connectivity index (χ1n) is 9.39. The number of nitrogens with zero attached hydrogens (tertiary/aromatic N) is 4. The Morgan fingerprint density at radius 2 is 1.93 bits per heavy atom. The highest BCUT2D eigenvalue weighted by atomic mass is 19.1. The summed E-state index contributed by atoms with van der Waals surface area (Å²) in [4.78, 5) is 29.2. The standard InChI is InChI=1S/C21H20FN5O2/c1-4-16-18(13-5-7-14(22)8-6-13)19-23-11-15-17(27(19)24-16)9-10-26(21(15)29)25-20(28)12(2)3/h5-12H,4H2,1-3H3,(H,25,28). The van der Waals surface area contributed by atoms with Crippen LogP contribution in [0.4, 0.5) is 4.39 Å². The first kappa shape index (κ1) is 18.8. The molecule has 7 nitrogen and oxygen atoms in total. The molecule has 148 valence electrons. The van der Waals surface area contributed by atoms with Crippen LogP contribution in [0.25, 0.3) is 27.7 Å². The van der Waals surface area contributed by atoms with Gasteiger partial charge < -0.3 is 0 Å². The number of amides is 1. The Bertz CT molecular complexity index is 1290. The highest BCUT2D eigenvalue weighted by molar-refractivity contribution is 5.88. The number of nitrogens with one attached hydrogen (secondary N) is 1. The number of fused-ring (bicyclic) bond motifs is 3. The number of hydrogen-bond acceptors (Lipinski definition) is 4. The van der Waals surface area contributed by atoms with E-state index in [2.05, 4.69) is 15.5 Å². The van der Waals surface area contributed by atoms with Crippen LogP contribution in [0.1, 0.15) is 26.5 Å². The molecule has 0 saturated heterocycles. The zero-order chi connectivity index (χ0) is 20.7. The van der Waals surface area contributed by atoms with Crippen LogP contribution in [0.2, 0.25) is 0 Å². The van der Waals surface area contributed by atoms with Gasteiger partial charge in [-0.05, 0) is 30.2 Å². The third-order valence-corrected chi connectivity index (χ3v) is 4.81. The summed E-state index contributed by atoms with van der Waals surface area (Å²) in [5.74, 6) is -0.827. The van der Waals surface area contributed by atoms with Gasteiger partial charge in [0.25, 0.3) is 5.56 Å². The maximum absolute atomic E-state index is 13.4. The summed E-state index contributed by atoms with van der Waals surface area (Å²) >= 11 is 0. The van der Waals surface area contributed by atoms with E-state index in [4.69, 9.17) is 0 Å². The van der Waals surface area contributed by atoms with E-state index in [1.165, 1.54) is 24.5 Å². The molecule has 0 bridgehead atoms. The molecule has 4 aromatic rings. The zero-order valence-electron chi connectivity index (χ0n) is 16.3. The van der Waals surface area contributed by atoms with Crippen molar-refractivity contribution in [3.8, 4) is 11.1 Å². The molecule has 0 atom stereocenters. The summed E-state index contributed by atoms with van der Waals surface area (Å²) < 4.78 is 16.1. The fourth-order valence-corrected chi connectivity index (χ4v) is 3.21. The Balaban J connectivity index is 1.93. The van der Waals surface area contributed by atoms with Crippen molar-refractivity contribution in [3.63, 3.8) is 0 Å². The van der Waals surface area contributed by atoms with E-state index < -0.39 is 0 Å². The molecule has 0 aliphatic heterocycles. The van der Waals surface area contributed by atoms with Crippen LogP contribution in [-0.2, 0) is 11.2 Å². The molecule has 29 heavy (non-hydrogen) atoms.